The Labute approximate surface area is 151 Å². The third-order valence-corrected chi connectivity index (χ3v) is 14.3. The summed E-state index contributed by atoms with van der Waals surface area (Å²) in [7, 11) is -3.86. The van der Waals surface area contributed by atoms with E-state index in [1.807, 2.05) is 12.1 Å². The molecule has 0 aliphatic rings. The Bertz CT molecular complexity index is 570. The maximum atomic E-state index is 6.58. The summed E-state index contributed by atoms with van der Waals surface area (Å²) < 4.78 is 13.1. The average molecular weight is 368 g/mol. The van der Waals surface area contributed by atoms with E-state index in [0.717, 1.165) is 17.1 Å². The summed E-state index contributed by atoms with van der Waals surface area (Å²) in [6.45, 7) is 23.1. The van der Waals surface area contributed by atoms with Crippen LogP contribution in [0.1, 0.15) is 47.1 Å². The Balaban J connectivity index is 3.28. The summed E-state index contributed by atoms with van der Waals surface area (Å²) in [5.41, 5.74) is 6.91. The van der Waals surface area contributed by atoms with E-state index in [0.29, 0.717) is 6.54 Å². The summed E-state index contributed by atoms with van der Waals surface area (Å²) in [6.07, 6.45) is 0. The molecule has 0 amide bonds. The molecular formula is C19H37NO2Si2. The highest BCUT2D eigenvalue weighted by molar-refractivity contribution is 6.75. The van der Waals surface area contributed by atoms with Gasteiger partial charge in [-0.15, -0.1) is 0 Å². The predicted octanol–water partition coefficient (Wildman–Crippen LogP) is 5.91. The molecule has 3 nitrogen and oxygen atoms in total. The van der Waals surface area contributed by atoms with E-state index in [-0.39, 0.29) is 10.1 Å². The zero-order valence-electron chi connectivity index (χ0n) is 17.3. The smallest absolute Gasteiger partial charge is 0.250 e. The van der Waals surface area contributed by atoms with E-state index in [1.165, 1.54) is 0 Å². The van der Waals surface area contributed by atoms with Crippen LogP contribution in [0.3, 0.4) is 0 Å². The molecule has 0 fully saturated rings. The van der Waals surface area contributed by atoms with Crippen LogP contribution in [-0.4, -0.2) is 16.6 Å². The van der Waals surface area contributed by atoms with Gasteiger partial charge in [0.1, 0.15) is 11.5 Å². The summed E-state index contributed by atoms with van der Waals surface area (Å²) in [5, 5.41) is 0.285. The third-order valence-electron chi connectivity index (χ3n) is 5.59. The Morgan fingerprint density at radius 3 is 1.58 bits per heavy atom. The topological polar surface area (TPSA) is 44.5 Å². The van der Waals surface area contributed by atoms with Gasteiger partial charge in [-0.05, 0) is 54.0 Å². The maximum Gasteiger partial charge on any atom is 0.250 e. The Hall–Kier alpha value is -0.786. The second-order valence-electron chi connectivity index (χ2n) is 9.71. The molecule has 0 saturated heterocycles. The number of rotatable bonds is 5. The van der Waals surface area contributed by atoms with Crippen molar-refractivity contribution in [1.82, 2.24) is 0 Å². The molecule has 0 aliphatic heterocycles. The van der Waals surface area contributed by atoms with Crippen LogP contribution in [0.4, 0.5) is 0 Å². The Kier molecular flexibility index (Phi) is 6.06. The van der Waals surface area contributed by atoms with Gasteiger partial charge in [-0.1, -0.05) is 47.6 Å². The van der Waals surface area contributed by atoms with E-state index in [2.05, 4.69) is 73.8 Å². The molecule has 0 radical (unpaired) electrons. The molecule has 0 atom stereocenters. The van der Waals surface area contributed by atoms with Gasteiger partial charge in [0.25, 0.3) is 16.6 Å². The van der Waals surface area contributed by atoms with Crippen LogP contribution in [0.5, 0.6) is 11.5 Å². The number of nitrogens with two attached hydrogens (primary N) is 1. The van der Waals surface area contributed by atoms with E-state index < -0.39 is 16.6 Å². The predicted molar refractivity (Wildman–Crippen MR) is 110 cm³/mol. The number of hydrogen-bond acceptors (Lipinski definition) is 3. The van der Waals surface area contributed by atoms with Gasteiger partial charge < -0.3 is 14.6 Å². The monoisotopic (exact) mass is 367 g/mol. The first-order valence-electron chi connectivity index (χ1n) is 8.82. The lowest BCUT2D eigenvalue weighted by Gasteiger charge is -2.39. The first-order valence-corrected chi connectivity index (χ1v) is 14.6. The van der Waals surface area contributed by atoms with Crippen LogP contribution in [-0.2, 0) is 6.54 Å². The first kappa shape index (κ1) is 21.3. The highest BCUT2D eigenvalue weighted by Crippen LogP contribution is 2.43. The van der Waals surface area contributed by atoms with E-state index in [1.54, 1.807) is 0 Å². The molecule has 0 heterocycles. The standard InChI is InChI=1S/C19H37NO2Si2/c1-18(2,3)23(7,8)21-16-12-11-15(14-20)13-17(16)22-24(9,10)19(4,5)6/h11-13H,14,20H2,1-10H3. The van der Waals surface area contributed by atoms with Crippen LogP contribution in [0.25, 0.3) is 0 Å². The van der Waals surface area contributed by atoms with Crippen molar-refractivity contribution >= 4 is 16.6 Å². The molecule has 0 unspecified atom stereocenters. The largest absolute Gasteiger partial charge is 0.541 e. The van der Waals surface area contributed by atoms with Gasteiger partial charge in [0.2, 0.25) is 0 Å². The summed E-state index contributed by atoms with van der Waals surface area (Å²) in [4.78, 5) is 0. The van der Waals surface area contributed by atoms with Crippen molar-refractivity contribution < 1.29 is 8.85 Å². The molecule has 0 saturated carbocycles. The number of hydrogen-bond donors (Lipinski definition) is 1. The minimum atomic E-state index is -1.94. The van der Waals surface area contributed by atoms with Crippen molar-refractivity contribution in [2.45, 2.75) is 84.4 Å². The van der Waals surface area contributed by atoms with E-state index in [9.17, 15) is 0 Å². The molecule has 0 aromatic heterocycles. The molecule has 2 N–H and O–H groups in total. The van der Waals surface area contributed by atoms with Crippen LogP contribution in [0, 0.1) is 0 Å². The Morgan fingerprint density at radius 1 is 0.792 bits per heavy atom. The average Bonchev–Trinajstić information content (AvgIpc) is 2.37. The number of benzene rings is 1. The van der Waals surface area contributed by atoms with Gasteiger partial charge in [-0.25, -0.2) is 0 Å². The summed E-state index contributed by atoms with van der Waals surface area (Å²) >= 11 is 0. The van der Waals surface area contributed by atoms with Gasteiger partial charge >= 0.3 is 0 Å². The quantitative estimate of drug-likeness (QED) is 0.658. The van der Waals surface area contributed by atoms with Gasteiger partial charge in [0.05, 0.1) is 0 Å². The molecule has 5 heteroatoms. The molecular weight excluding hydrogens is 330 g/mol. The van der Waals surface area contributed by atoms with E-state index >= 15 is 0 Å². The zero-order chi connectivity index (χ0) is 19.0. The van der Waals surface area contributed by atoms with Crippen molar-refractivity contribution in [1.29, 1.82) is 0 Å². The Morgan fingerprint density at radius 2 is 1.21 bits per heavy atom. The lowest BCUT2D eigenvalue weighted by Crippen LogP contribution is -2.45. The van der Waals surface area contributed by atoms with Crippen molar-refractivity contribution in [3.63, 3.8) is 0 Å². The van der Waals surface area contributed by atoms with Crippen molar-refractivity contribution in [2.24, 2.45) is 5.73 Å². The molecule has 1 aromatic rings. The van der Waals surface area contributed by atoms with Gasteiger partial charge in [-0.2, -0.15) is 0 Å². The molecule has 138 valence electrons. The highest BCUT2D eigenvalue weighted by Gasteiger charge is 2.42. The lowest BCUT2D eigenvalue weighted by molar-refractivity contribution is 0.440. The molecule has 1 aromatic carbocycles. The molecule has 0 aliphatic carbocycles. The van der Waals surface area contributed by atoms with Crippen molar-refractivity contribution in [3.05, 3.63) is 23.8 Å². The minimum absolute atomic E-state index is 0.139. The van der Waals surface area contributed by atoms with E-state index in [4.69, 9.17) is 14.6 Å². The van der Waals surface area contributed by atoms with Gasteiger partial charge in [0, 0.05) is 6.54 Å². The molecule has 24 heavy (non-hydrogen) atoms. The van der Waals surface area contributed by atoms with Crippen LogP contribution >= 0.6 is 0 Å². The summed E-state index contributed by atoms with van der Waals surface area (Å²) in [6, 6.07) is 6.13. The maximum absolute atomic E-state index is 6.58. The fourth-order valence-corrected chi connectivity index (χ4v) is 3.74. The van der Waals surface area contributed by atoms with Gasteiger partial charge in [-0.3, -0.25) is 0 Å². The highest BCUT2D eigenvalue weighted by atomic mass is 28.4. The first-order chi connectivity index (χ1) is 10.6. The second-order valence-corrected chi connectivity index (χ2v) is 19.2. The van der Waals surface area contributed by atoms with Gasteiger partial charge in [0.15, 0.2) is 0 Å². The molecule has 0 spiro atoms. The normalized spacial score (nSPS) is 13.8. The summed E-state index contributed by atoms with van der Waals surface area (Å²) in [5.74, 6) is 1.72. The van der Waals surface area contributed by atoms with Crippen LogP contribution in [0.15, 0.2) is 18.2 Å². The fraction of sp³-hybridized carbons (Fsp3) is 0.684. The third kappa shape index (κ3) is 4.86. The fourth-order valence-electron chi connectivity index (χ4n) is 1.70. The SMILES string of the molecule is CC(C)(C)[Si](C)(C)Oc1ccc(CN)cc1O[Si](C)(C)C(C)(C)C. The van der Waals surface area contributed by atoms with Crippen LogP contribution in [0.2, 0.25) is 36.3 Å². The van der Waals surface area contributed by atoms with Crippen molar-refractivity contribution in [2.75, 3.05) is 0 Å². The van der Waals surface area contributed by atoms with Crippen LogP contribution < -0.4 is 14.6 Å². The lowest BCUT2D eigenvalue weighted by atomic mass is 10.2. The minimum Gasteiger partial charge on any atom is -0.541 e. The van der Waals surface area contributed by atoms with Crippen molar-refractivity contribution in [3.8, 4) is 11.5 Å². The second kappa shape index (κ2) is 6.85. The zero-order valence-corrected chi connectivity index (χ0v) is 19.3. The molecule has 1 rings (SSSR count). The molecule has 0 bridgehead atoms.